The monoisotopic (exact) mass is 301 g/mol. The van der Waals surface area contributed by atoms with Crippen LogP contribution >= 0.6 is 11.6 Å². The minimum absolute atomic E-state index is 0.339. The Morgan fingerprint density at radius 1 is 1.19 bits per heavy atom. The van der Waals surface area contributed by atoms with Gasteiger partial charge >= 0.3 is 0 Å². The van der Waals surface area contributed by atoms with E-state index in [0.29, 0.717) is 16.8 Å². The van der Waals surface area contributed by atoms with Crippen molar-refractivity contribution in [3.8, 4) is 11.4 Å². The van der Waals surface area contributed by atoms with Crippen LogP contribution in [0.1, 0.15) is 18.9 Å². The number of nitrogens with zero attached hydrogens (tertiary/aromatic N) is 2. The van der Waals surface area contributed by atoms with Crippen molar-refractivity contribution < 1.29 is 4.39 Å². The number of hydrogen-bond donors (Lipinski definition) is 1. The molecule has 5 heteroatoms. The molecule has 0 bridgehead atoms. The fourth-order valence-corrected chi connectivity index (χ4v) is 2.86. The Morgan fingerprint density at radius 3 is 2.71 bits per heavy atom. The molecule has 0 unspecified atom stereocenters. The third kappa shape index (κ3) is 2.07. The molecule has 1 heterocycles. The minimum atomic E-state index is -0.339. The Hall–Kier alpha value is -2.07. The average Bonchev–Trinajstić information content (AvgIpc) is 3.20. The van der Waals surface area contributed by atoms with Crippen molar-refractivity contribution in [1.82, 2.24) is 9.55 Å². The van der Waals surface area contributed by atoms with Gasteiger partial charge < -0.3 is 10.3 Å². The van der Waals surface area contributed by atoms with Gasteiger partial charge in [0.2, 0.25) is 0 Å². The summed E-state index contributed by atoms with van der Waals surface area (Å²) in [6.45, 7) is 0. The van der Waals surface area contributed by atoms with Gasteiger partial charge in [-0.3, -0.25) is 0 Å². The van der Waals surface area contributed by atoms with Crippen LogP contribution in [0, 0.1) is 5.82 Å². The van der Waals surface area contributed by atoms with Crippen molar-refractivity contribution in [2.45, 2.75) is 18.9 Å². The molecule has 4 rings (SSSR count). The van der Waals surface area contributed by atoms with Crippen LogP contribution < -0.4 is 5.73 Å². The standard InChI is InChI=1S/C16H13ClFN3/c17-9-1-6-14-15(7-9)21(11-3-4-11)16(20-14)12-5-2-10(18)8-13(12)19/h1-2,5-8,11H,3-4,19H2. The maximum atomic E-state index is 13.3. The fraction of sp³-hybridized carbons (Fsp3) is 0.188. The first-order valence-corrected chi connectivity index (χ1v) is 7.24. The largest absolute Gasteiger partial charge is 0.398 e. The molecule has 0 saturated heterocycles. The van der Waals surface area contributed by atoms with Gasteiger partial charge in [0.15, 0.2) is 0 Å². The van der Waals surface area contributed by atoms with E-state index in [9.17, 15) is 4.39 Å². The highest BCUT2D eigenvalue weighted by molar-refractivity contribution is 6.31. The number of aromatic nitrogens is 2. The second kappa shape index (κ2) is 4.46. The van der Waals surface area contributed by atoms with E-state index < -0.39 is 0 Å². The van der Waals surface area contributed by atoms with Crippen LogP contribution in [-0.2, 0) is 0 Å². The molecule has 106 valence electrons. The third-order valence-corrected chi connectivity index (χ3v) is 4.05. The summed E-state index contributed by atoms with van der Waals surface area (Å²) < 4.78 is 15.4. The maximum absolute atomic E-state index is 13.3. The topological polar surface area (TPSA) is 43.8 Å². The molecular weight excluding hydrogens is 289 g/mol. The molecule has 21 heavy (non-hydrogen) atoms. The van der Waals surface area contributed by atoms with E-state index in [0.717, 1.165) is 35.3 Å². The van der Waals surface area contributed by atoms with Gasteiger partial charge in [-0.15, -0.1) is 0 Å². The lowest BCUT2D eigenvalue weighted by Gasteiger charge is -2.10. The molecular formula is C16H13ClFN3. The Morgan fingerprint density at radius 2 is 2.00 bits per heavy atom. The lowest BCUT2D eigenvalue weighted by atomic mass is 10.1. The highest BCUT2D eigenvalue weighted by atomic mass is 35.5. The maximum Gasteiger partial charge on any atom is 0.143 e. The first kappa shape index (κ1) is 12.7. The van der Waals surface area contributed by atoms with E-state index in [1.165, 1.54) is 12.1 Å². The number of fused-ring (bicyclic) bond motifs is 1. The number of hydrogen-bond acceptors (Lipinski definition) is 2. The van der Waals surface area contributed by atoms with Gasteiger partial charge in [0.05, 0.1) is 11.0 Å². The number of benzene rings is 2. The molecule has 0 atom stereocenters. The van der Waals surface area contributed by atoms with Gasteiger partial charge in [-0.1, -0.05) is 11.6 Å². The third-order valence-electron chi connectivity index (χ3n) is 3.82. The molecule has 0 spiro atoms. The van der Waals surface area contributed by atoms with Crippen LogP contribution in [0.25, 0.3) is 22.4 Å². The molecule has 2 N–H and O–H groups in total. The second-order valence-electron chi connectivity index (χ2n) is 5.40. The predicted octanol–water partition coefficient (Wildman–Crippen LogP) is 4.41. The lowest BCUT2D eigenvalue weighted by molar-refractivity contribution is 0.628. The van der Waals surface area contributed by atoms with Crippen molar-refractivity contribution >= 4 is 28.3 Å². The van der Waals surface area contributed by atoms with Crippen LogP contribution in [0.5, 0.6) is 0 Å². The first-order valence-electron chi connectivity index (χ1n) is 6.86. The fourth-order valence-electron chi connectivity index (χ4n) is 2.70. The van der Waals surface area contributed by atoms with Crippen molar-refractivity contribution in [3.05, 3.63) is 47.2 Å². The van der Waals surface area contributed by atoms with Crippen LogP contribution in [0.4, 0.5) is 10.1 Å². The van der Waals surface area contributed by atoms with Crippen LogP contribution in [-0.4, -0.2) is 9.55 Å². The van der Waals surface area contributed by atoms with Crippen molar-refractivity contribution in [1.29, 1.82) is 0 Å². The van der Waals surface area contributed by atoms with E-state index in [-0.39, 0.29) is 5.82 Å². The molecule has 1 saturated carbocycles. The van der Waals surface area contributed by atoms with Crippen LogP contribution in [0.2, 0.25) is 5.02 Å². The van der Waals surface area contributed by atoms with Crippen LogP contribution in [0.15, 0.2) is 36.4 Å². The summed E-state index contributed by atoms with van der Waals surface area (Å²) in [4.78, 5) is 4.68. The van der Waals surface area contributed by atoms with E-state index >= 15 is 0 Å². The number of halogens is 2. The van der Waals surface area contributed by atoms with E-state index in [1.807, 2.05) is 18.2 Å². The highest BCUT2D eigenvalue weighted by Crippen LogP contribution is 2.42. The predicted molar refractivity (Wildman–Crippen MR) is 82.8 cm³/mol. The Kier molecular flexibility index (Phi) is 2.69. The first-order chi connectivity index (χ1) is 10.1. The highest BCUT2D eigenvalue weighted by Gasteiger charge is 2.29. The molecule has 1 fully saturated rings. The van der Waals surface area contributed by atoms with Gasteiger partial charge in [-0.05, 0) is 49.2 Å². The molecule has 2 aromatic carbocycles. The van der Waals surface area contributed by atoms with Gasteiger partial charge in [-0.2, -0.15) is 0 Å². The molecule has 0 radical (unpaired) electrons. The molecule has 0 aliphatic heterocycles. The van der Waals surface area contributed by atoms with E-state index in [2.05, 4.69) is 9.55 Å². The number of nitrogens with two attached hydrogens (primary N) is 1. The Labute approximate surface area is 126 Å². The normalized spacial score (nSPS) is 14.8. The number of imidazole rings is 1. The molecule has 1 aliphatic carbocycles. The summed E-state index contributed by atoms with van der Waals surface area (Å²) in [5, 5.41) is 0.683. The minimum Gasteiger partial charge on any atom is -0.398 e. The number of anilines is 1. The zero-order chi connectivity index (χ0) is 14.6. The van der Waals surface area contributed by atoms with E-state index in [1.54, 1.807) is 6.07 Å². The zero-order valence-corrected chi connectivity index (χ0v) is 11.9. The van der Waals surface area contributed by atoms with Gasteiger partial charge in [0, 0.05) is 22.3 Å². The Bertz CT molecular complexity index is 852. The molecule has 3 aromatic rings. The number of nitrogen functional groups attached to an aromatic ring is 1. The molecule has 1 aromatic heterocycles. The summed E-state index contributed by atoms with van der Waals surface area (Å²) in [5.41, 5.74) is 9.02. The summed E-state index contributed by atoms with van der Waals surface area (Å²) in [7, 11) is 0. The second-order valence-corrected chi connectivity index (χ2v) is 5.84. The smallest absolute Gasteiger partial charge is 0.143 e. The summed E-state index contributed by atoms with van der Waals surface area (Å²) in [5.74, 6) is 0.445. The quantitative estimate of drug-likeness (QED) is 0.712. The van der Waals surface area contributed by atoms with Gasteiger partial charge in [0.25, 0.3) is 0 Å². The summed E-state index contributed by atoms with van der Waals surface area (Å²) >= 11 is 6.11. The molecule has 3 nitrogen and oxygen atoms in total. The van der Waals surface area contributed by atoms with E-state index in [4.69, 9.17) is 17.3 Å². The number of rotatable bonds is 2. The lowest BCUT2D eigenvalue weighted by Crippen LogP contribution is -2.00. The average molecular weight is 302 g/mol. The van der Waals surface area contributed by atoms with Gasteiger partial charge in [-0.25, -0.2) is 9.37 Å². The molecule has 0 amide bonds. The molecule has 1 aliphatic rings. The van der Waals surface area contributed by atoms with Crippen molar-refractivity contribution in [2.24, 2.45) is 0 Å². The SMILES string of the molecule is Nc1cc(F)ccc1-c1nc2ccc(Cl)cc2n1C1CC1. The zero-order valence-electron chi connectivity index (χ0n) is 11.2. The summed E-state index contributed by atoms with van der Waals surface area (Å²) in [6.07, 6.45) is 2.23. The van der Waals surface area contributed by atoms with Crippen molar-refractivity contribution in [2.75, 3.05) is 5.73 Å². The van der Waals surface area contributed by atoms with Gasteiger partial charge in [0.1, 0.15) is 11.6 Å². The Balaban J connectivity index is 2.01. The van der Waals surface area contributed by atoms with Crippen molar-refractivity contribution in [3.63, 3.8) is 0 Å². The van der Waals surface area contributed by atoms with Crippen LogP contribution in [0.3, 0.4) is 0 Å². The summed E-state index contributed by atoms with van der Waals surface area (Å²) in [6, 6.07) is 10.5.